The maximum absolute atomic E-state index is 12.1. The van der Waals surface area contributed by atoms with Gasteiger partial charge in [0, 0.05) is 23.8 Å². The predicted octanol–water partition coefficient (Wildman–Crippen LogP) is 2.32. The number of ether oxygens (including phenoxy) is 1. The zero-order valence-corrected chi connectivity index (χ0v) is 12.9. The van der Waals surface area contributed by atoms with Crippen LogP contribution in [0.4, 0.5) is 10.5 Å². The van der Waals surface area contributed by atoms with Crippen molar-refractivity contribution in [1.29, 1.82) is 0 Å². The third-order valence-electron chi connectivity index (χ3n) is 2.47. The van der Waals surface area contributed by atoms with E-state index in [0.29, 0.717) is 5.69 Å². The van der Waals surface area contributed by atoms with Crippen molar-refractivity contribution in [2.75, 3.05) is 32.1 Å². The molecule has 110 valence electrons. The van der Waals surface area contributed by atoms with E-state index < -0.39 is 12.0 Å². The lowest BCUT2D eigenvalue weighted by Gasteiger charge is -2.21. The number of hydrogen-bond acceptors (Lipinski definition) is 3. The first-order chi connectivity index (χ1) is 9.42. The van der Waals surface area contributed by atoms with E-state index >= 15 is 0 Å². The van der Waals surface area contributed by atoms with Crippen LogP contribution in [0.2, 0.25) is 0 Å². The highest BCUT2D eigenvalue weighted by Gasteiger charge is 2.16. The molecule has 0 aliphatic heterocycles. The molecule has 0 saturated heterocycles. The third-order valence-corrected chi connectivity index (χ3v) is 2.93. The molecule has 0 spiro atoms. The second-order valence-electron chi connectivity index (χ2n) is 4.26. The topological polar surface area (TPSA) is 78.9 Å². The van der Waals surface area contributed by atoms with E-state index in [0.717, 1.165) is 10.0 Å². The second-order valence-corrected chi connectivity index (χ2v) is 5.17. The summed E-state index contributed by atoms with van der Waals surface area (Å²) in [4.78, 5) is 24.0. The highest BCUT2D eigenvalue weighted by Crippen LogP contribution is 2.19. The van der Waals surface area contributed by atoms with Gasteiger partial charge in [-0.05, 0) is 30.7 Å². The van der Waals surface area contributed by atoms with Crippen LogP contribution < -0.4 is 5.32 Å². The zero-order valence-electron chi connectivity index (χ0n) is 11.4. The van der Waals surface area contributed by atoms with E-state index in [1.54, 1.807) is 12.1 Å². The number of nitrogens with one attached hydrogen (secondary N) is 1. The summed E-state index contributed by atoms with van der Waals surface area (Å²) >= 11 is 3.34. The van der Waals surface area contributed by atoms with Crippen molar-refractivity contribution >= 4 is 33.6 Å². The number of nitrogens with zero attached hydrogens (tertiary/aromatic N) is 1. The average molecular weight is 345 g/mol. The molecule has 0 bridgehead atoms. The number of carboxylic acids is 1. The fourth-order valence-corrected chi connectivity index (χ4v) is 2.24. The Hall–Kier alpha value is -1.60. The maximum Gasteiger partial charge on any atom is 0.323 e. The van der Waals surface area contributed by atoms with Crippen molar-refractivity contribution < 1.29 is 19.4 Å². The number of urea groups is 1. The summed E-state index contributed by atoms with van der Waals surface area (Å²) in [6, 6.07) is 5.00. The molecule has 0 unspecified atom stereocenters. The van der Waals surface area contributed by atoms with E-state index in [-0.39, 0.29) is 19.7 Å². The average Bonchev–Trinajstić information content (AvgIpc) is 2.32. The quantitative estimate of drug-likeness (QED) is 0.829. The van der Waals surface area contributed by atoms with Gasteiger partial charge in [-0.15, -0.1) is 0 Å². The van der Waals surface area contributed by atoms with E-state index in [4.69, 9.17) is 9.84 Å². The molecule has 0 fully saturated rings. The van der Waals surface area contributed by atoms with E-state index in [1.807, 2.05) is 13.0 Å². The van der Waals surface area contributed by atoms with Crippen LogP contribution in [-0.4, -0.2) is 48.8 Å². The predicted molar refractivity (Wildman–Crippen MR) is 79.0 cm³/mol. The lowest BCUT2D eigenvalue weighted by molar-refractivity contribution is -0.137. The smallest absolute Gasteiger partial charge is 0.323 e. The van der Waals surface area contributed by atoms with Crippen LogP contribution >= 0.6 is 15.9 Å². The van der Waals surface area contributed by atoms with Gasteiger partial charge in [0.15, 0.2) is 0 Å². The summed E-state index contributed by atoms with van der Waals surface area (Å²) in [5.74, 6) is -1.07. The number of aryl methyl sites for hydroxylation is 1. The van der Waals surface area contributed by atoms with Gasteiger partial charge < -0.3 is 20.1 Å². The Balaban J connectivity index is 2.75. The number of amides is 2. The maximum atomic E-state index is 12.1. The molecule has 0 saturated carbocycles. The molecule has 0 aliphatic rings. The SMILES string of the molecule is COCCN(CC(=O)O)C(=O)Nc1cc(C)cc(Br)c1. The molecule has 6 nitrogen and oxygen atoms in total. The Morgan fingerprint density at radius 1 is 1.40 bits per heavy atom. The van der Waals surface area contributed by atoms with Crippen molar-refractivity contribution in [2.24, 2.45) is 0 Å². The standard InChI is InChI=1S/C13H17BrN2O4/c1-9-5-10(14)7-11(6-9)15-13(19)16(3-4-20-2)8-12(17)18/h5-7H,3-4,8H2,1-2H3,(H,15,19)(H,17,18). The van der Waals surface area contributed by atoms with Crippen LogP contribution in [0.1, 0.15) is 5.56 Å². The third kappa shape index (κ3) is 5.58. The van der Waals surface area contributed by atoms with Crippen LogP contribution in [0.3, 0.4) is 0 Å². The number of methoxy groups -OCH3 is 1. The van der Waals surface area contributed by atoms with Gasteiger partial charge in [0.1, 0.15) is 6.54 Å². The van der Waals surface area contributed by atoms with E-state index in [9.17, 15) is 9.59 Å². The van der Waals surface area contributed by atoms with Gasteiger partial charge in [-0.3, -0.25) is 4.79 Å². The number of benzene rings is 1. The number of carboxylic acid groups (broad SMARTS) is 1. The Labute approximate surface area is 125 Å². The zero-order chi connectivity index (χ0) is 15.1. The van der Waals surface area contributed by atoms with Crippen LogP contribution in [0, 0.1) is 6.92 Å². The molecule has 1 rings (SSSR count). The molecule has 0 aliphatic carbocycles. The van der Waals surface area contributed by atoms with Gasteiger partial charge >= 0.3 is 12.0 Å². The Kier molecular flexibility index (Phi) is 6.47. The van der Waals surface area contributed by atoms with Gasteiger partial charge in [-0.1, -0.05) is 15.9 Å². The molecule has 0 aromatic heterocycles. The molecule has 0 radical (unpaired) electrons. The van der Waals surface area contributed by atoms with Gasteiger partial charge in [-0.25, -0.2) is 4.79 Å². The van der Waals surface area contributed by atoms with Crippen molar-refractivity contribution in [2.45, 2.75) is 6.92 Å². The number of anilines is 1. The normalized spacial score (nSPS) is 10.2. The first kappa shape index (κ1) is 16.5. The first-order valence-electron chi connectivity index (χ1n) is 5.96. The Morgan fingerprint density at radius 2 is 2.10 bits per heavy atom. The van der Waals surface area contributed by atoms with Crippen molar-refractivity contribution in [3.05, 3.63) is 28.2 Å². The monoisotopic (exact) mass is 344 g/mol. The summed E-state index contributed by atoms with van der Waals surface area (Å²) in [6.07, 6.45) is 0. The summed E-state index contributed by atoms with van der Waals surface area (Å²) in [5.41, 5.74) is 1.59. The molecule has 1 aromatic carbocycles. The number of aliphatic carboxylic acids is 1. The number of halogens is 1. The molecule has 2 amide bonds. The fraction of sp³-hybridized carbons (Fsp3) is 0.385. The molecule has 1 aromatic rings. The molecule has 7 heteroatoms. The van der Waals surface area contributed by atoms with Crippen LogP contribution in [0.5, 0.6) is 0 Å². The van der Waals surface area contributed by atoms with Gasteiger partial charge in [0.25, 0.3) is 0 Å². The number of carbonyl (C=O) groups excluding carboxylic acids is 1. The number of rotatable bonds is 6. The minimum absolute atomic E-state index is 0.210. The van der Waals surface area contributed by atoms with Crippen LogP contribution in [-0.2, 0) is 9.53 Å². The Bertz CT molecular complexity index is 473. The summed E-state index contributed by atoms with van der Waals surface area (Å²) < 4.78 is 5.71. The summed E-state index contributed by atoms with van der Waals surface area (Å²) in [7, 11) is 1.49. The van der Waals surface area contributed by atoms with Gasteiger partial charge in [0.05, 0.1) is 6.61 Å². The minimum atomic E-state index is -1.07. The minimum Gasteiger partial charge on any atom is -0.480 e. The molecular weight excluding hydrogens is 328 g/mol. The van der Waals surface area contributed by atoms with Crippen molar-refractivity contribution in [3.8, 4) is 0 Å². The van der Waals surface area contributed by atoms with Gasteiger partial charge in [0.2, 0.25) is 0 Å². The molecule has 0 atom stereocenters. The first-order valence-corrected chi connectivity index (χ1v) is 6.75. The fourth-order valence-electron chi connectivity index (χ4n) is 1.63. The highest BCUT2D eigenvalue weighted by molar-refractivity contribution is 9.10. The summed E-state index contributed by atoms with van der Waals surface area (Å²) in [5, 5.41) is 11.5. The van der Waals surface area contributed by atoms with Crippen molar-refractivity contribution in [3.63, 3.8) is 0 Å². The molecule has 2 N–H and O–H groups in total. The second kappa shape index (κ2) is 7.86. The highest BCUT2D eigenvalue weighted by atomic mass is 79.9. The van der Waals surface area contributed by atoms with E-state index in [1.165, 1.54) is 12.0 Å². The summed E-state index contributed by atoms with van der Waals surface area (Å²) in [6.45, 7) is 2.02. The molecule has 0 heterocycles. The number of hydrogen-bond donors (Lipinski definition) is 2. The van der Waals surface area contributed by atoms with Crippen LogP contribution in [0.15, 0.2) is 22.7 Å². The molecular formula is C13H17BrN2O4. The van der Waals surface area contributed by atoms with Crippen molar-refractivity contribution in [1.82, 2.24) is 4.90 Å². The number of carbonyl (C=O) groups is 2. The Morgan fingerprint density at radius 3 is 2.65 bits per heavy atom. The molecule has 20 heavy (non-hydrogen) atoms. The lowest BCUT2D eigenvalue weighted by atomic mass is 10.2. The lowest BCUT2D eigenvalue weighted by Crippen LogP contribution is -2.40. The van der Waals surface area contributed by atoms with Crippen LogP contribution in [0.25, 0.3) is 0 Å². The van der Waals surface area contributed by atoms with Gasteiger partial charge in [-0.2, -0.15) is 0 Å². The largest absolute Gasteiger partial charge is 0.480 e. The van der Waals surface area contributed by atoms with E-state index in [2.05, 4.69) is 21.2 Å².